The van der Waals surface area contributed by atoms with Gasteiger partial charge in [0.05, 0.1) is 16.4 Å². The highest BCUT2D eigenvalue weighted by Crippen LogP contribution is 2.28. The van der Waals surface area contributed by atoms with E-state index in [0.717, 1.165) is 0 Å². The number of amides is 1. The first-order valence-corrected chi connectivity index (χ1v) is 8.58. The van der Waals surface area contributed by atoms with Gasteiger partial charge in [-0.2, -0.15) is 5.10 Å². The molecule has 1 aromatic carbocycles. The van der Waals surface area contributed by atoms with Crippen LogP contribution in [0.2, 0.25) is 0 Å². The Bertz CT molecular complexity index is 890. The van der Waals surface area contributed by atoms with Gasteiger partial charge in [0.25, 0.3) is 11.6 Å². The molecular weight excluding hydrogens is 352 g/mol. The summed E-state index contributed by atoms with van der Waals surface area (Å²) in [6, 6.07) is 5.88. The van der Waals surface area contributed by atoms with Gasteiger partial charge >= 0.3 is 5.97 Å². The second kappa shape index (κ2) is 7.18. The Balaban J connectivity index is 1.86. The molecule has 3 rings (SSSR count). The van der Waals surface area contributed by atoms with Crippen molar-refractivity contribution in [2.75, 3.05) is 13.1 Å². The SMILES string of the molecule is CC1CN(C(=O)c2cn(C)nc2-c2ccc([N+](=O)[O-])cc2)CCC1C(=O)O. The van der Waals surface area contributed by atoms with Crippen LogP contribution in [0.3, 0.4) is 0 Å². The lowest BCUT2D eigenvalue weighted by atomic mass is 9.86. The van der Waals surface area contributed by atoms with Gasteiger partial charge in [-0.15, -0.1) is 0 Å². The number of hydrogen-bond acceptors (Lipinski definition) is 5. The Morgan fingerprint density at radius 3 is 2.52 bits per heavy atom. The fraction of sp³-hybridized carbons (Fsp3) is 0.389. The molecule has 9 nitrogen and oxygen atoms in total. The quantitative estimate of drug-likeness (QED) is 0.649. The van der Waals surface area contributed by atoms with E-state index < -0.39 is 16.8 Å². The smallest absolute Gasteiger partial charge is 0.306 e. The minimum absolute atomic E-state index is 0.0351. The van der Waals surface area contributed by atoms with Crippen molar-refractivity contribution in [1.82, 2.24) is 14.7 Å². The third-order valence-electron chi connectivity index (χ3n) is 4.92. The number of non-ortho nitro benzene ring substituents is 1. The highest BCUT2D eigenvalue weighted by molar-refractivity contribution is 6.00. The monoisotopic (exact) mass is 372 g/mol. The summed E-state index contributed by atoms with van der Waals surface area (Å²) < 4.78 is 1.53. The highest BCUT2D eigenvalue weighted by Gasteiger charge is 2.34. The van der Waals surface area contributed by atoms with E-state index in [2.05, 4.69) is 5.10 Å². The first-order valence-electron chi connectivity index (χ1n) is 8.58. The molecule has 2 aromatic rings. The highest BCUT2D eigenvalue weighted by atomic mass is 16.6. The molecule has 0 radical (unpaired) electrons. The number of aryl methyl sites for hydroxylation is 1. The molecule has 0 bridgehead atoms. The lowest BCUT2D eigenvalue weighted by Crippen LogP contribution is -2.45. The van der Waals surface area contributed by atoms with Crippen molar-refractivity contribution in [3.8, 4) is 11.3 Å². The van der Waals surface area contributed by atoms with Crippen molar-refractivity contribution in [2.45, 2.75) is 13.3 Å². The molecule has 1 fully saturated rings. The van der Waals surface area contributed by atoms with Crippen LogP contribution >= 0.6 is 0 Å². The van der Waals surface area contributed by atoms with Crippen LogP contribution < -0.4 is 0 Å². The molecule has 0 saturated carbocycles. The predicted octanol–water partition coefficient (Wildman–Crippen LogP) is 2.18. The third kappa shape index (κ3) is 3.67. The topological polar surface area (TPSA) is 119 Å². The van der Waals surface area contributed by atoms with Gasteiger partial charge in [0.2, 0.25) is 0 Å². The molecule has 0 spiro atoms. The van der Waals surface area contributed by atoms with E-state index in [1.807, 2.05) is 6.92 Å². The molecule has 27 heavy (non-hydrogen) atoms. The average Bonchev–Trinajstić information content (AvgIpc) is 3.02. The summed E-state index contributed by atoms with van der Waals surface area (Å²) in [5.74, 6) is -1.63. The number of carboxylic acids is 1. The number of carbonyl (C=O) groups excluding carboxylic acids is 1. The van der Waals surface area contributed by atoms with E-state index in [-0.39, 0.29) is 17.5 Å². The zero-order chi connectivity index (χ0) is 19.7. The van der Waals surface area contributed by atoms with Gasteiger partial charge in [0.1, 0.15) is 5.69 Å². The van der Waals surface area contributed by atoms with Crippen molar-refractivity contribution in [3.05, 3.63) is 46.1 Å². The first kappa shape index (κ1) is 18.6. The van der Waals surface area contributed by atoms with Crippen molar-refractivity contribution in [2.24, 2.45) is 18.9 Å². The number of aliphatic carboxylic acids is 1. The van der Waals surface area contributed by atoms with E-state index in [4.69, 9.17) is 0 Å². The third-order valence-corrected chi connectivity index (χ3v) is 4.92. The Hall–Kier alpha value is -3.23. The molecule has 0 aliphatic carbocycles. The van der Waals surface area contributed by atoms with E-state index >= 15 is 0 Å². The Morgan fingerprint density at radius 1 is 1.30 bits per heavy atom. The van der Waals surface area contributed by atoms with Crippen LogP contribution in [0.25, 0.3) is 11.3 Å². The van der Waals surface area contributed by atoms with Gasteiger partial charge in [0, 0.05) is 44.0 Å². The van der Waals surface area contributed by atoms with Crippen LogP contribution in [-0.4, -0.2) is 49.7 Å². The Morgan fingerprint density at radius 2 is 1.96 bits per heavy atom. The van der Waals surface area contributed by atoms with E-state index in [1.165, 1.54) is 16.8 Å². The molecule has 1 aliphatic rings. The van der Waals surface area contributed by atoms with Gasteiger partial charge in [-0.05, 0) is 24.5 Å². The number of rotatable bonds is 4. The number of benzene rings is 1. The van der Waals surface area contributed by atoms with Crippen LogP contribution in [0.5, 0.6) is 0 Å². The van der Waals surface area contributed by atoms with Crippen molar-refractivity contribution in [1.29, 1.82) is 0 Å². The van der Waals surface area contributed by atoms with E-state index in [0.29, 0.717) is 36.3 Å². The summed E-state index contributed by atoms with van der Waals surface area (Å²) in [6.45, 7) is 2.57. The minimum atomic E-state index is -0.831. The van der Waals surface area contributed by atoms with Crippen LogP contribution in [0, 0.1) is 22.0 Å². The molecule has 2 unspecified atom stereocenters. The fourth-order valence-corrected chi connectivity index (χ4v) is 3.47. The van der Waals surface area contributed by atoms with Gasteiger partial charge in [0.15, 0.2) is 0 Å². The van der Waals surface area contributed by atoms with E-state index in [9.17, 15) is 24.8 Å². The second-order valence-corrected chi connectivity index (χ2v) is 6.83. The lowest BCUT2D eigenvalue weighted by molar-refractivity contribution is -0.384. The number of likely N-dealkylation sites (tertiary alicyclic amines) is 1. The summed E-state index contributed by atoms with van der Waals surface area (Å²) in [6.07, 6.45) is 2.03. The Labute approximate surface area is 155 Å². The molecule has 1 aromatic heterocycles. The molecule has 2 heterocycles. The van der Waals surface area contributed by atoms with Crippen LogP contribution in [0.15, 0.2) is 30.5 Å². The lowest BCUT2D eigenvalue weighted by Gasteiger charge is -2.34. The van der Waals surface area contributed by atoms with Crippen molar-refractivity contribution < 1.29 is 19.6 Å². The number of piperidine rings is 1. The molecule has 1 amide bonds. The van der Waals surface area contributed by atoms with Crippen molar-refractivity contribution in [3.63, 3.8) is 0 Å². The summed E-state index contributed by atoms with van der Waals surface area (Å²) in [7, 11) is 1.70. The number of hydrogen-bond donors (Lipinski definition) is 1. The van der Waals surface area contributed by atoms with Crippen LogP contribution in [0.1, 0.15) is 23.7 Å². The molecular formula is C18H20N4O5. The van der Waals surface area contributed by atoms with Crippen LogP contribution in [-0.2, 0) is 11.8 Å². The minimum Gasteiger partial charge on any atom is -0.481 e. The number of nitrogens with zero attached hydrogens (tertiary/aromatic N) is 4. The zero-order valence-corrected chi connectivity index (χ0v) is 15.0. The zero-order valence-electron chi connectivity index (χ0n) is 15.0. The number of carbonyl (C=O) groups is 2. The van der Waals surface area contributed by atoms with E-state index in [1.54, 1.807) is 30.3 Å². The standard InChI is InChI=1S/C18H20N4O5/c1-11-9-21(8-7-14(11)18(24)25)17(23)15-10-20(2)19-16(15)12-3-5-13(6-4-12)22(26)27/h3-6,10-11,14H,7-9H2,1-2H3,(H,24,25). The molecule has 9 heteroatoms. The Kier molecular flexibility index (Phi) is 4.93. The molecule has 142 valence electrons. The maximum Gasteiger partial charge on any atom is 0.306 e. The van der Waals surface area contributed by atoms with Gasteiger partial charge in [-0.25, -0.2) is 0 Å². The van der Waals surface area contributed by atoms with Gasteiger partial charge < -0.3 is 10.0 Å². The molecule has 1 aliphatic heterocycles. The van der Waals surface area contributed by atoms with Crippen molar-refractivity contribution >= 4 is 17.6 Å². The predicted molar refractivity (Wildman–Crippen MR) is 96.1 cm³/mol. The summed E-state index contributed by atoms with van der Waals surface area (Å²) >= 11 is 0. The maximum absolute atomic E-state index is 13.0. The largest absolute Gasteiger partial charge is 0.481 e. The number of aromatic nitrogens is 2. The molecule has 1 N–H and O–H groups in total. The maximum atomic E-state index is 13.0. The number of carboxylic acid groups (broad SMARTS) is 1. The number of nitro groups is 1. The molecule has 2 atom stereocenters. The van der Waals surface area contributed by atoms with Gasteiger partial charge in [-0.3, -0.25) is 24.4 Å². The van der Waals surface area contributed by atoms with Gasteiger partial charge in [-0.1, -0.05) is 6.92 Å². The average molecular weight is 372 g/mol. The fourth-order valence-electron chi connectivity index (χ4n) is 3.47. The number of nitro benzene ring substituents is 1. The normalized spacial score (nSPS) is 19.7. The summed E-state index contributed by atoms with van der Waals surface area (Å²) in [5, 5.41) is 24.4. The first-order chi connectivity index (χ1) is 12.8. The molecule has 1 saturated heterocycles. The summed E-state index contributed by atoms with van der Waals surface area (Å²) in [4.78, 5) is 36.3. The summed E-state index contributed by atoms with van der Waals surface area (Å²) in [5.41, 5.74) is 1.42. The second-order valence-electron chi connectivity index (χ2n) is 6.83. The van der Waals surface area contributed by atoms with Crippen LogP contribution in [0.4, 0.5) is 5.69 Å².